The molecule has 0 bridgehead atoms. The third-order valence-corrected chi connectivity index (χ3v) is 5.38. The van der Waals surface area contributed by atoms with Gasteiger partial charge in [0, 0.05) is 30.1 Å². The highest BCUT2D eigenvalue weighted by atomic mass is 16.1. The number of nitrogens with zero attached hydrogens (tertiary/aromatic N) is 1. The van der Waals surface area contributed by atoms with Crippen LogP contribution in [0.5, 0.6) is 0 Å². The number of benzene rings is 1. The van der Waals surface area contributed by atoms with E-state index in [1.165, 1.54) is 10.9 Å². The Hall–Kier alpha value is -2.62. The van der Waals surface area contributed by atoms with Crippen LogP contribution in [-0.2, 0) is 11.2 Å². The Balaban J connectivity index is 1.59. The minimum Gasteiger partial charge on any atom is -0.356 e. The highest BCUT2D eigenvalue weighted by Gasteiger charge is 2.28. The number of nitrogens with one attached hydrogen (secondary N) is 2. The maximum absolute atomic E-state index is 11.5. The van der Waals surface area contributed by atoms with Crippen LogP contribution in [0.1, 0.15) is 25.3 Å². The fourth-order valence-electron chi connectivity index (χ4n) is 3.89. The van der Waals surface area contributed by atoms with Crippen molar-refractivity contribution in [2.24, 2.45) is 11.8 Å². The minimum absolute atomic E-state index is 0.191. The van der Waals surface area contributed by atoms with Crippen LogP contribution in [-0.4, -0.2) is 22.4 Å². The van der Waals surface area contributed by atoms with Crippen molar-refractivity contribution in [3.63, 3.8) is 0 Å². The Morgan fingerprint density at radius 2 is 2.04 bits per heavy atom. The molecule has 1 aliphatic heterocycles. The lowest BCUT2D eigenvalue weighted by Gasteiger charge is -2.20. The predicted octanol–water partition coefficient (Wildman–Crippen LogP) is 3.93. The Bertz CT molecular complexity index is 885. The van der Waals surface area contributed by atoms with Crippen molar-refractivity contribution in [2.75, 3.05) is 6.54 Å². The molecule has 0 aliphatic carbocycles. The zero-order chi connectivity index (χ0) is 17.2. The van der Waals surface area contributed by atoms with Crippen molar-refractivity contribution in [1.29, 1.82) is 0 Å². The van der Waals surface area contributed by atoms with E-state index in [4.69, 9.17) is 4.98 Å². The molecule has 0 radical (unpaired) electrons. The van der Waals surface area contributed by atoms with Crippen molar-refractivity contribution >= 4 is 16.9 Å². The molecule has 1 aliphatic rings. The molecule has 1 amide bonds. The summed E-state index contributed by atoms with van der Waals surface area (Å²) in [5.41, 5.74) is 4.35. The molecule has 128 valence electrons. The first-order valence-corrected chi connectivity index (χ1v) is 9.03. The molecule has 4 rings (SSSR count). The molecule has 2 aromatic heterocycles. The van der Waals surface area contributed by atoms with Gasteiger partial charge in [0.05, 0.1) is 5.69 Å². The average molecular weight is 333 g/mol. The summed E-state index contributed by atoms with van der Waals surface area (Å²) in [5.74, 6) is 1.15. The van der Waals surface area contributed by atoms with E-state index in [1.807, 2.05) is 18.2 Å². The van der Waals surface area contributed by atoms with Crippen LogP contribution in [0.25, 0.3) is 22.3 Å². The van der Waals surface area contributed by atoms with Gasteiger partial charge in [0.1, 0.15) is 5.65 Å². The van der Waals surface area contributed by atoms with Gasteiger partial charge in [-0.05, 0) is 36.0 Å². The van der Waals surface area contributed by atoms with Gasteiger partial charge in [-0.3, -0.25) is 4.79 Å². The smallest absolute Gasteiger partial charge is 0.220 e. The molecule has 1 fully saturated rings. The topological polar surface area (TPSA) is 57.8 Å². The summed E-state index contributed by atoms with van der Waals surface area (Å²) in [6.07, 6.45) is 4.82. The Morgan fingerprint density at radius 3 is 2.76 bits per heavy atom. The highest BCUT2D eigenvalue weighted by Crippen LogP contribution is 2.30. The zero-order valence-electron chi connectivity index (χ0n) is 14.5. The number of rotatable bonds is 5. The first-order valence-electron chi connectivity index (χ1n) is 9.03. The molecule has 2 atom stereocenters. The standard InChI is InChI=1S/C21H23N3O/c1-2-14(16-11-20(25)22-12-16)10-17-13-23-21-18(17)8-9-19(24-21)15-6-4-3-5-7-15/h3-9,13-14,16H,2,10-12H2,1H3,(H,22,25)(H,23,24). The average Bonchev–Trinajstić information content (AvgIpc) is 3.26. The number of amides is 1. The molecule has 0 saturated carbocycles. The number of aromatic nitrogens is 2. The van der Waals surface area contributed by atoms with E-state index in [2.05, 4.69) is 47.7 Å². The van der Waals surface area contributed by atoms with Crippen molar-refractivity contribution in [3.05, 3.63) is 54.2 Å². The SMILES string of the molecule is CCC(Cc1c[nH]c2nc(-c3ccccc3)ccc12)C1CNC(=O)C1. The first kappa shape index (κ1) is 15.9. The van der Waals surface area contributed by atoms with Crippen molar-refractivity contribution < 1.29 is 4.79 Å². The Kier molecular flexibility index (Phi) is 4.26. The monoisotopic (exact) mass is 333 g/mol. The minimum atomic E-state index is 0.191. The highest BCUT2D eigenvalue weighted by molar-refractivity contribution is 5.82. The van der Waals surface area contributed by atoms with E-state index in [0.29, 0.717) is 18.3 Å². The number of fused-ring (bicyclic) bond motifs is 1. The number of carbonyl (C=O) groups is 1. The van der Waals surface area contributed by atoms with Gasteiger partial charge in [0.25, 0.3) is 0 Å². The van der Waals surface area contributed by atoms with Crippen LogP contribution < -0.4 is 5.32 Å². The van der Waals surface area contributed by atoms with Crippen LogP contribution >= 0.6 is 0 Å². The molecule has 4 heteroatoms. The summed E-state index contributed by atoms with van der Waals surface area (Å²) in [6.45, 7) is 3.03. The first-order chi connectivity index (χ1) is 12.2. The normalized spacial score (nSPS) is 18.4. The quantitative estimate of drug-likeness (QED) is 0.743. The molecule has 4 nitrogen and oxygen atoms in total. The predicted molar refractivity (Wildman–Crippen MR) is 100 cm³/mol. The van der Waals surface area contributed by atoms with E-state index >= 15 is 0 Å². The summed E-state index contributed by atoms with van der Waals surface area (Å²) in [4.78, 5) is 19.7. The molecular formula is C21H23N3O. The molecule has 3 heterocycles. The molecule has 25 heavy (non-hydrogen) atoms. The molecular weight excluding hydrogens is 310 g/mol. The Labute approximate surface area is 147 Å². The van der Waals surface area contributed by atoms with Gasteiger partial charge < -0.3 is 10.3 Å². The number of aromatic amines is 1. The lowest BCUT2D eigenvalue weighted by Crippen LogP contribution is -2.19. The molecule has 1 saturated heterocycles. The van der Waals surface area contributed by atoms with E-state index in [0.717, 1.165) is 36.3 Å². The number of carbonyl (C=O) groups excluding carboxylic acids is 1. The second-order valence-electron chi connectivity index (χ2n) is 6.91. The summed E-state index contributed by atoms with van der Waals surface area (Å²) >= 11 is 0. The third kappa shape index (κ3) is 3.16. The van der Waals surface area contributed by atoms with Crippen molar-refractivity contribution in [1.82, 2.24) is 15.3 Å². The lowest BCUT2D eigenvalue weighted by molar-refractivity contribution is -0.119. The summed E-state index contributed by atoms with van der Waals surface area (Å²) < 4.78 is 0. The van der Waals surface area contributed by atoms with Gasteiger partial charge in [-0.15, -0.1) is 0 Å². The summed E-state index contributed by atoms with van der Waals surface area (Å²) in [6, 6.07) is 14.5. The van der Waals surface area contributed by atoms with Crippen molar-refractivity contribution in [3.8, 4) is 11.3 Å². The molecule has 2 unspecified atom stereocenters. The third-order valence-electron chi connectivity index (χ3n) is 5.38. The molecule has 3 aromatic rings. The van der Waals surface area contributed by atoms with E-state index < -0.39 is 0 Å². The fourth-order valence-corrected chi connectivity index (χ4v) is 3.89. The van der Waals surface area contributed by atoms with Gasteiger partial charge in [-0.1, -0.05) is 43.7 Å². The van der Waals surface area contributed by atoms with Gasteiger partial charge in [-0.2, -0.15) is 0 Å². The summed E-state index contributed by atoms with van der Waals surface area (Å²) in [7, 11) is 0. The lowest BCUT2D eigenvalue weighted by atomic mass is 9.84. The molecule has 0 spiro atoms. The van der Waals surface area contributed by atoms with Crippen molar-refractivity contribution in [2.45, 2.75) is 26.2 Å². The van der Waals surface area contributed by atoms with Crippen LogP contribution in [0.2, 0.25) is 0 Å². The zero-order valence-corrected chi connectivity index (χ0v) is 14.5. The van der Waals surface area contributed by atoms with E-state index in [9.17, 15) is 4.79 Å². The maximum atomic E-state index is 11.5. The Morgan fingerprint density at radius 1 is 1.20 bits per heavy atom. The second kappa shape index (κ2) is 6.71. The van der Waals surface area contributed by atoms with Crippen LogP contribution in [0.15, 0.2) is 48.7 Å². The number of hydrogen-bond acceptors (Lipinski definition) is 2. The van der Waals surface area contributed by atoms with Gasteiger partial charge >= 0.3 is 0 Å². The van der Waals surface area contributed by atoms with Gasteiger partial charge in [-0.25, -0.2) is 4.98 Å². The second-order valence-corrected chi connectivity index (χ2v) is 6.91. The van der Waals surface area contributed by atoms with Crippen LogP contribution in [0.3, 0.4) is 0 Å². The molecule has 2 N–H and O–H groups in total. The number of hydrogen-bond donors (Lipinski definition) is 2. The van der Waals surface area contributed by atoms with Crippen LogP contribution in [0.4, 0.5) is 0 Å². The number of pyridine rings is 1. The van der Waals surface area contributed by atoms with E-state index in [1.54, 1.807) is 0 Å². The number of H-pyrrole nitrogens is 1. The summed E-state index contributed by atoms with van der Waals surface area (Å²) in [5, 5.41) is 4.16. The largest absolute Gasteiger partial charge is 0.356 e. The fraction of sp³-hybridized carbons (Fsp3) is 0.333. The van der Waals surface area contributed by atoms with E-state index in [-0.39, 0.29) is 5.91 Å². The van der Waals surface area contributed by atoms with Gasteiger partial charge in [0.15, 0.2) is 0 Å². The molecule has 1 aromatic carbocycles. The maximum Gasteiger partial charge on any atom is 0.220 e. The van der Waals surface area contributed by atoms with Crippen LogP contribution in [0, 0.1) is 11.8 Å². The van der Waals surface area contributed by atoms with Gasteiger partial charge in [0.2, 0.25) is 5.91 Å².